The van der Waals surface area contributed by atoms with E-state index in [0.29, 0.717) is 5.57 Å². The number of hydrogen-bond donors (Lipinski definition) is 1. The molecular formula is C33H41N2O2+. The van der Waals surface area contributed by atoms with Crippen molar-refractivity contribution in [3.63, 3.8) is 0 Å². The molecule has 2 unspecified atom stereocenters. The number of unbranched alkanes of at least 4 members (excludes halogenated alkanes) is 2. The summed E-state index contributed by atoms with van der Waals surface area (Å²) in [6.07, 6.45) is 5.35. The van der Waals surface area contributed by atoms with Crippen LogP contribution in [0.2, 0.25) is 0 Å². The van der Waals surface area contributed by atoms with Crippen LogP contribution in [0.3, 0.4) is 0 Å². The van der Waals surface area contributed by atoms with Gasteiger partial charge in [-0.25, -0.2) is 0 Å². The van der Waals surface area contributed by atoms with Gasteiger partial charge >= 0.3 is 0 Å². The second kappa shape index (κ2) is 9.96. The molecule has 1 aliphatic carbocycles. The molecule has 2 atom stereocenters. The molecule has 1 N–H and O–H groups in total. The molecule has 194 valence electrons. The van der Waals surface area contributed by atoms with E-state index in [9.17, 15) is 9.90 Å². The fourth-order valence-corrected chi connectivity index (χ4v) is 6.50. The van der Waals surface area contributed by atoms with Gasteiger partial charge < -0.3 is 9.67 Å². The van der Waals surface area contributed by atoms with Gasteiger partial charge in [0.05, 0.1) is 17.4 Å². The van der Waals surface area contributed by atoms with Gasteiger partial charge in [-0.3, -0.25) is 4.79 Å². The van der Waals surface area contributed by atoms with Crippen LogP contribution >= 0.6 is 0 Å². The molecule has 1 aromatic heterocycles. The van der Waals surface area contributed by atoms with Crippen molar-refractivity contribution in [2.75, 3.05) is 6.54 Å². The Morgan fingerprint density at radius 3 is 2.38 bits per heavy atom. The van der Waals surface area contributed by atoms with Crippen LogP contribution in [0.1, 0.15) is 87.2 Å². The first-order chi connectivity index (χ1) is 17.8. The zero-order valence-corrected chi connectivity index (χ0v) is 23.3. The van der Waals surface area contributed by atoms with Crippen LogP contribution in [0.25, 0.3) is 16.5 Å². The highest BCUT2D eigenvalue weighted by Gasteiger charge is 2.53. The monoisotopic (exact) mass is 497 g/mol. The molecule has 0 radical (unpaired) electrons. The van der Waals surface area contributed by atoms with E-state index in [1.807, 2.05) is 0 Å². The molecule has 3 aromatic rings. The molecule has 2 aromatic carbocycles. The quantitative estimate of drug-likeness (QED) is 0.307. The summed E-state index contributed by atoms with van der Waals surface area (Å²) in [7, 11) is 0. The number of allylic oxidation sites excluding steroid dienone is 2. The number of rotatable bonds is 9. The molecule has 37 heavy (non-hydrogen) atoms. The molecule has 0 saturated heterocycles. The predicted octanol–water partition coefficient (Wildman–Crippen LogP) is 7.79. The van der Waals surface area contributed by atoms with E-state index in [-0.39, 0.29) is 17.5 Å². The predicted molar refractivity (Wildman–Crippen MR) is 153 cm³/mol. The third-order valence-corrected chi connectivity index (χ3v) is 8.61. The maximum absolute atomic E-state index is 14.0. The highest BCUT2D eigenvalue weighted by molar-refractivity contribution is 6.33. The maximum atomic E-state index is 14.0. The molecule has 2 heterocycles. The van der Waals surface area contributed by atoms with Gasteiger partial charge in [-0.2, -0.15) is 4.58 Å². The number of ketones is 1. The summed E-state index contributed by atoms with van der Waals surface area (Å²) in [5.41, 5.74) is 9.68. The largest absolute Gasteiger partial charge is 0.511 e. The van der Waals surface area contributed by atoms with E-state index in [1.165, 1.54) is 28.1 Å². The SMILES string of the molecule is CCCCn1c(C)c(C2=C(O)C(C3C(C)=[N+](CCCC)c4ccc(C)cc43)C2=O)c2cc(CC)ccc21. The number of carbonyl (C=O) groups excluding carboxylic acids is 1. The van der Waals surface area contributed by atoms with Gasteiger partial charge in [-0.1, -0.05) is 51.3 Å². The van der Waals surface area contributed by atoms with Gasteiger partial charge in [0.25, 0.3) is 0 Å². The number of benzene rings is 2. The number of aryl methyl sites for hydroxylation is 3. The summed E-state index contributed by atoms with van der Waals surface area (Å²) in [6, 6.07) is 13.2. The van der Waals surface area contributed by atoms with Crippen LogP contribution in [0.5, 0.6) is 0 Å². The Kier molecular flexibility index (Phi) is 6.87. The van der Waals surface area contributed by atoms with Crippen LogP contribution in [0.15, 0.2) is 42.2 Å². The number of fused-ring (bicyclic) bond motifs is 2. The van der Waals surface area contributed by atoms with E-state index < -0.39 is 5.92 Å². The van der Waals surface area contributed by atoms with Gasteiger partial charge in [0, 0.05) is 53.7 Å². The van der Waals surface area contributed by atoms with Crippen molar-refractivity contribution in [3.8, 4) is 0 Å². The smallest absolute Gasteiger partial charge is 0.209 e. The van der Waals surface area contributed by atoms with Crippen molar-refractivity contribution in [2.24, 2.45) is 5.92 Å². The minimum absolute atomic E-state index is 0.0752. The Labute approximate surface area is 221 Å². The molecule has 0 amide bonds. The van der Waals surface area contributed by atoms with E-state index in [4.69, 9.17) is 0 Å². The van der Waals surface area contributed by atoms with Gasteiger partial charge in [0.1, 0.15) is 12.3 Å². The zero-order valence-electron chi connectivity index (χ0n) is 23.3. The average molecular weight is 498 g/mol. The Bertz CT molecular complexity index is 1450. The normalized spacial score (nSPS) is 19.2. The van der Waals surface area contributed by atoms with Crippen molar-refractivity contribution >= 4 is 33.7 Å². The lowest BCUT2D eigenvalue weighted by Crippen LogP contribution is -2.37. The number of nitrogens with zero attached hydrogens (tertiary/aromatic N) is 2. The van der Waals surface area contributed by atoms with Crippen LogP contribution < -0.4 is 0 Å². The summed E-state index contributed by atoms with van der Waals surface area (Å²) >= 11 is 0. The number of aliphatic hydroxyl groups excluding tert-OH is 1. The average Bonchev–Trinajstić information content (AvgIpc) is 3.31. The first-order valence-corrected chi connectivity index (χ1v) is 14.1. The summed E-state index contributed by atoms with van der Waals surface area (Å²) in [5.74, 6) is -0.280. The maximum Gasteiger partial charge on any atom is 0.209 e. The van der Waals surface area contributed by atoms with Gasteiger partial charge in [-0.05, 0) is 50.5 Å². The highest BCUT2D eigenvalue weighted by Crippen LogP contribution is 2.51. The summed E-state index contributed by atoms with van der Waals surface area (Å²) in [6.45, 7) is 14.8. The highest BCUT2D eigenvalue weighted by atomic mass is 16.3. The lowest BCUT2D eigenvalue weighted by atomic mass is 9.68. The lowest BCUT2D eigenvalue weighted by molar-refractivity contribution is -0.439. The Balaban J connectivity index is 1.64. The molecule has 5 rings (SSSR count). The molecular weight excluding hydrogens is 456 g/mol. The van der Waals surface area contributed by atoms with Crippen molar-refractivity contribution < 1.29 is 14.5 Å². The van der Waals surface area contributed by atoms with Gasteiger partial charge in [0.2, 0.25) is 5.69 Å². The first kappa shape index (κ1) is 25.5. The second-order valence-electron chi connectivity index (χ2n) is 11.0. The number of aliphatic hydroxyl groups is 1. The molecule has 0 saturated carbocycles. The fourth-order valence-electron chi connectivity index (χ4n) is 6.50. The van der Waals surface area contributed by atoms with E-state index in [1.54, 1.807) is 0 Å². The van der Waals surface area contributed by atoms with Gasteiger partial charge in [0.15, 0.2) is 11.5 Å². The minimum atomic E-state index is -0.509. The van der Waals surface area contributed by atoms with E-state index in [2.05, 4.69) is 87.1 Å². The summed E-state index contributed by atoms with van der Waals surface area (Å²) in [4.78, 5) is 14.0. The number of hydrogen-bond acceptors (Lipinski definition) is 2. The van der Waals surface area contributed by atoms with Crippen LogP contribution in [-0.2, 0) is 17.8 Å². The Morgan fingerprint density at radius 1 is 0.946 bits per heavy atom. The molecule has 4 heteroatoms. The Hall–Kier alpha value is -3.14. The van der Waals surface area contributed by atoms with Crippen molar-refractivity contribution in [1.82, 2.24) is 4.57 Å². The van der Waals surface area contributed by atoms with Crippen molar-refractivity contribution in [2.45, 2.75) is 86.1 Å². The standard InChI is InChI=1S/C33H40N2O2/c1-7-10-16-34-21(5)28(24-18-20(4)12-14-26(24)34)30-32(36)31(33(30)37)29-22(6)35(17-11-8-2)27-15-13-23(9-3)19-25(27)29/h12-15,18-19,28,30H,7-11,16-17H2,1-6H3/p+1. The number of Topliss-reactive ketones (excluding diaryl/α,β-unsaturated/α-hetero) is 1. The molecule has 2 aliphatic rings. The summed E-state index contributed by atoms with van der Waals surface area (Å²) in [5, 5.41) is 12.7. The fraction of sp³-hybridized carbons (Fsp3) is 0.455. The third kappa shape index (κ3) is 3.96. The molecule has 1 aliphatic heterocycles. The zero-order chi connectivity index (χ0) is 26.4. The van der Waals surface area contributed by atoms with Crippen LogP contribution in [0.4, 0.5) is 5.69 Å². The molecule has 0 fully saturated rings. The molecule has 0 bridgehead atoms. The van der Waals surface area contributed by atoms with Crippen molar-refractivity contribution in [3.05, 3.63) is 70.1 Å². The Morgan fingerprint density at radius 2 is 1.70 bits per heavy atom. The summed E-state index contributed by atoms with van der Waals surface area (Å²) < 4.78 is 4.71. The number of carbonyl (C=O) groups is 1. The minimum Gasteiger partial charge on any atom is -0.511 e. The lowest BCUT2D eigenvalue weighted by Gasteiger charge is -2.31. The van der Waals surface area contributed by atoms with E-state index >= 15 is 0 Å². The van der Waals surface area contributed by atoms with E-state index in [0.717, 1.165) is 67.4 Å². The molecule has 0 spiro atoms. The van der Waals surface area contributed by atoms with Crippen LogP contribution in [0, 0.1) is 19.8 Å². The molecule has 4 nitrogen and oxygen atoms in total. The topological polar surface area (TPSA) is 45.2 Å². The number of aromatic nitrogens is 1. The van der Waals surface area contributed by atoms with Crippen molar-refractivity contribution in [1.29, 1.82) is 0 Å². The van der Waals surface area contributed by atoms with Crippen LogP contribution in [-0.4, -0.2) is 32.3 Å². The van der Waals surface area contributed by atoms with Gasteiger partial charge in [-0.15, -0.1) is 0 Å². The second-order valence-corrected chi connectivity index (χ2v) is 11.0. The third-order valence-electron chi connectivity index (χ3n) is 8.61. The first-order valence-electron chi connectivity index (χ1n) is 14.1.